The molecule has 0 radical (unpaired) electrons. The van der Waals surface area contributed by atoms with E-state index in [2.05, 4.69) is 11.4 Å². The highest BCUT2D eigenvalue weighted by atomic mass is 32.2. The van der Waals surface area contributed by atoms with Crippen molar-refractivity contribution in [3.8, 4) is 11.3 Å². The first-order chi connectivity index (χ1) is 20.2. The van der Waals surface area contributed by atoms with Crippen LogP contribution < -0.4 is 10.9 Å². The number of hydrogen-bond acceptors (Lipinski definition) is 4. The summed E-state index contributed by atoms with van der Waals surface area (Å²) >= 11 is 1.06. The molecule has 0 aliphatic heterocycles. The molecule has 42 heavy (non-hydrogen) atoms. The number of nitrogens with zero attached hydrogens (tertiary/aromatic N) is 2. The molecular formula is C33H30F3N3O2S. The minimum absolute atomic E-state index is 0.106. The minimum atomic E-state index is -4.60. The van der Waals surface area contributed by atoms with E-state index >= 15 is 0 Å². The Balaban J connectivity index is 1.40. The molecule has 4 aromatic rings. The Kier molecular flexibility index (Phi) is 7.70. The van der Waals surface area contributed by atoms with E-state index in [1.165, 1.54) is 18.2 Å². The summed E-state index contributed by atoms with van der Waals surface area (Å²) in [7, 11) is 0. The molecule has 216 valence electrons. The number of halogens is 3. The van der Waals surface area contributed by atoms with Gasteiger partial charge in [0, 0.05) is 11.0 Å². The molecule has 3 aromatic carbocycles. The average molecular weight is 590 g/mol. The van der Waals surface area contributed by atoms with Crippen molar-refractivity contribution in [2.24, 2.45) is 0 Å². The topological polar surface area (TPSA) is 64.0 Å². The lowest BCUT2D eigenvalue weighted by Gasteiger charge is -2.42. The Labute approximate surface area is 246 Å². The average Bonchev–Trinajstić information content (AvgIpc) is 2.98. The van der Waals surface area contributed by atoms with Crippen molar-refractivity contribution in [3.05, 3.63) is 111 Å². The number of carbonyl (C=O) groups is 1. The highest BCUT2D eigenvalue weighted by Gasteiger charge is 2.43. The Morgan fingerprint density at radius 2 is 1.62 bits per heavy atom. The molecule has 1 saturated carbocycles. The van der Waals surface area contributed by atoms with Crippen molar-refractivity contribution in [2.75, 3.05) is 11.1 Å². The summed E-state index contributed by atoms with van der Waals surface area (Å²) in [5, 5.41) is 2.77. The Morgan fingerprint density at radius 1 is 0.929 bits per heavy atom. The van der Waals surface area contributed by atoms with Gasteiger partial charge in [-0.2, -0.15) is 13.2 Å². The summed E-state index contributed by atoms with van der Waals surface area (Å²) in [5.41, 5.74) is 2.82. The number of nitrogens with one attached hydrogen (secondary N) is 1. The summed E-state index contributed by atoms with van der Waals surface area (Å²) in [6.07, 6.45) is 1.28. The number of alkyl halides is 3. The van der Waals surface area contributed by atoms with Crippen LogP contribution in [0.1, 0.15) is 54.4 Å². The first-order valence-electron chi connectivity index (χ1n) is 14.1. The number of anilines is 1. The van der Waals surface area contributed by atoms with Crippen molar-refractivity contribution in [2.45, 2.75) is 61.8 Å². The lowest BCUT2D eigenvalue weighted by molar-refractivity contribution is -0.137. The number of carbonyl (C=O) groups excluding carboxylic acids is 1. The lowest BCUT2D eigenvalue weighted by Crippen LogP contribution is -2.43. The summed E-state index contributed by atoms with van der Waals surface area (Å²) < 4.78 is 42.1. The maximum atomic E-state index is 14.5. The third kappa shape index (κ3) is 5.50. The highest BCUT2D eigenvalue weighted by Crippen LogP contribution is 2.49. The number of hydrogen-bond donors (Lipinski definition) is 1. The van der Waals surface area contributed by atoms with Crippen molar-refractivity contribution < 1.29 is 18.0 Å². The molecule has 1 spiro atoms. The van der Waals surface area contributed by atoms with Gasteiger partial charge >= 0.3 is 6.18 Å². The van der Waals surface area contributed by atoms with Gasteiger partial charge in [0.25, 0.3) is 5.56 Å². The van der Waals surface area contributed by atoms with Gasteiger partial charge in [-0.05, 0) is 42.5 Å². The zero-order valence-electron chi connectivity index (χ0n) is 22.9. The molecule has 2 aliphatic carbocycles. The van der Waals surface area contributed by atoms with E-state index < -0.39 is 17.6 Å². The lowest BCUT2D eigenvalue weighted by atomic mass is 9.62. The van der Waals surface area contributed by atoms with E-state index in [0.29, 0.717) is 10.9 Å². The third-order valence-electron chi connectivity index (χ3n) is 8.30. The first-order valence-corrected chi connectivity index (χ1v) is 15.1. The molecule has 1 N–H and O–H groups in total. The number of fused-ring (bicyclic) bond motifs is 4. The number of aromatic nitrogens is 2. The zero-order chi connectivity index (χ0) is 29.3. The molecule has 1 fully saturated rings. The van der Waals surface area contributed by atoms with Gasteiger partial charge in [-0.3, -0.25) is 14.2 Å². The van der Waals surface area contributed by atoms with E-state index in [1.54, 1.807) is 4.57 Å². The van der Waals surface area contributed by atoms with Crippen LogP contribution in [0.4, 0.5) is 18.9 Å². The molecule has 0 atom stereocenters. The molecule has 9 heteroatoms. The molecule has 2 aliphatic rings. The summed E-state index contributed by atoms with van der Waals surface area (Å²) in [6, 6.07) is 22.5. The summed E-state index contributed by atoms with van der Waals surface area (Å²) in [4.78, 5) is 32.5. The van der Waals surface area contributed by atoms with Gasteiger partial charge in [-0.25, -0.2) is 4.98 Å². The zero-order valence-corrected chi connectivity index (χ0v) is 23.7. The fourth-order valence-corrected chi connectivity index (χ4v) is 7.18. The van der Waals surface area contributed by atoms with Gasteiger partial charge in [0.15, 0.2) is 5.16 Å². The number of thioether (sulfide) groups is 1. The van der Waals surface area contributed by atoms with E-state index in [4.69, 9.17) is 4.98 Å². The van der Waals surface area contributed by atoms with Crippen LogP contribution in [0.3, 0.4) is 0 Å². The standard InChI is InChI=1S/C33H30F3N3O2S/c34-33(35,36)25-15-7-8-16-26(25)37-27(40)21-42-31-38-29-24-14-6-5-13-23(24)19-32(17-9-2-10-18-32)28(29)30(41)39(31)20-22-11-3-1-4-12-22/h1,3-8,11-16H,2,9-10,17-21H2,(H,37,40). The van der Waals surface area contributed by atoms with Gasteiger partial charge < -0.3 is 5.32 Å². The minimum Gasteiger partial charge on any atom is -0.325 e. The highest BCUT2D eigenvalue weighted by molar-refractivity contribution is 7.99. The van der Waals surface area contributed by atoms with Gasteiger partial charge in [0.1, 0.15) is 0 Å². The van der Waals surface area contributed by atoms with Crippen molar-refractivity contribution in [1.29, 1.82) is 0 Å². The SMILES string of the molecule is O=C(CSc1nc2c(c(=O)n1Cc1ccccc1)C1(CCCCC1)Cc1ccccc1-2)Nc1ccccc1C(F)(F)F. The van der Waals surface area contributed by atoms with Gasteiger partial charge in [0.2, 0.25) is 5.91 Å². The quantitative estimate of drug-likeness (QED) is 0.187. The van der Waals surface area contributed by atoms with E-state index in [0.717, 1.165) is 78.6 Å². The number of para-hydroxylation sites is 1. The van der Waals surface area contributed by atoms with E-state index in [9.17, 15) is 22.8 Å². The largest absolute Gasteiger partial charge is 0.418 e. The van der Waals surface area contributed by atoms with Crippen LogP contribution >= 0.6 is 11.8 Å². The monoisotopic (exact) mass is 589 g/mol. The predicted octanol–water partition coefficient (Wildman–Crippen LogP) is 7.47. The maximum Gasteiger partial charge on any atom is 0.418 e. The number of rotatable bonds is 6. The Bertz CT molecular complexity index is 1680. The van der Waals surface area contributed by atoms with Crippen molar-refractivity contribution in [3.63, 3.8) is 0 Å². The van der Waals surface area contributed by atoms with Gasteiger partial charge in [0.05, 0.1) is 34.8 Å². The van der Waals surface area contributed by atoms with Crippen LogP contribution in [0.2, 0.25) is 0 Å². The van der Waals surface area contributed by atoms with Crippen LogP contribution in [-0.4, -0.2) is 21.2 Å². The Morgan fingerprint density at radius 3 is 2.38 bits per heavy atom. The molecule has 6 rings (SSSR count). The molecule has 0 saturated heterocycles. The summed E-state index contributed by atoms with van der Waals surface area (Å²) in [6.45, 7) is 0.276. The van der Waals surface area contributed by atoms with E-state index in [1.807, 2.05) is 48.5 Å². The van der Waals surface area contributed by atoms with Crippen molar-refractivity contribution >= 4 is 23.4 Å². The third-order valence-corrected chi connectivity index (χ3v) is 9.28. The smallest absolute Gasteiger partial charge is 0.325 e. The van der Waals surface area contributed by atoms with Crippen LogP contribution in [-0.2, 0) is 29.4 Å². The first kappa shape index (κ1) is 28.3. The molecule has 1 heterocycles. The van der Waals surface area contributed by atoms with Crippen LogP contribution in [0.15, 0.2) is 88.8 Å². The predicted molar refractivity (Wildman–Crippen MR) is 159 cm³/mol. The second kappa shape index (κ2) is 11.4. The molecule has 0 bridgehead atoms. The number of benzene rings is 3. The maximum absolute atomic E-state index is 14.5. The fourth-order valence-electron chi connectivity index (χ4n) is 6.39. The van der Waals surface area contributed by atoms with Gasteiger partial charge in [-0.15, -0.1) is 0 Å². The second-order valence-electron chi connectivity index (χ2n) is 11.0. The molecule has 5 nitrogen and oxygen atoms in total. The van der Waals surface area contributed by atoms with Crippen LogP contribution in [0, 0.1) is 0 Å². The molecule has 0 unspecified atom stereocenters. The molecule has 1 aromatic heterocycles. The summed E-state index contributed by atoms with van der Waals surface area (Å²) in [5.74, 6) is -0.821. The van der Waals surface area contributed by atoms with Crippen LogP contribution in [0.25, 0.3) is 11.3 Å². The normalized spacial score (nSPS) is 15.6. The molecule has 1 amide bonds. The van der Waals surface area contributed by atoms with Crippen LogP contribution in [0.5, 0.6) is 0 Å². The second-order valence-corrected chi connectivity index (χ2v) is 12.0. The fraction of sp³-hybridized carbons (Fsp3) is 0.303. The van der Waals surface area contributed by atoms with E-state index in [-0.39, 0.29) is 29.0 Å². The van der Waals surface area contributed by atoms with Crippen molar-refractivity contribution in [1.82, 2.24) is 9.55 Å². The molecular weight excluding hydrogens is 559 g/mol. The Hall–Kier alpha value is -3.85. The number of amides is 1. The van der Waals surface area contributed by atoms with Gasteiger partial charge in [-0.1, -0.05) is 97.8 Å².